The normalized spacial score (nSPS) is 10.6. The smallest absolute Gasteiger partial charge is 0.336 e. The monoisotopic (exact) mass is 310 g/mol. The van der Waals surface area contributed by atoms with Crippen molar-refractivity contribution in [3.8, 4) is 11.5 Å². The number of allylic oxidation sites excluding steroid dienone is 2. The van der Waals surface area contributed by atoms with Gasteiger partial charge in [-0.15, -0.1) is 0 Å². The van der Waals surface area contributed by atoms with Gasteiger partial charge < -0.3 is 9.47 Å². The highest BCUT2D eigenvalue weighted by Crippen LogP contribution is 2.33. The molecule has 0 saturated carbocycles. The summed E-state index contributed by atoms with van der Waals surface area (Å²) in [6, 6.07) is 10.9. The molecular formula is C19H18O4. The minimum atomic E-state index is -0.526. The number of hydrogen-bond donors (Lipinski definition) is 0. The Labute approximate surface area is 135 Å². The Morgan fingerprint density at radius 3 is 1.91 bits per heavy atom. The number of ether oxygens (including phenoxy) is 2. The van der Waals surface area contributed by atoms with Gasteiger partial charge in [0.05, 0.1) is 0 Å². The van der Waals surface area contributed by atoms with E-state index in [9.17, 15) is 9.59 Å². The summed E-state index contributed by atoms with van der Waals surface area (Å²) < 4.78 is 10.6. The molecule has 0 atom stereocenters. The van der Waals surface area contributed by atoms with Crippen LogP contribution in [-0.4, -0.2) is 11.9 Å². The predicted octanol–water partition coefficient (Wildman–Crippen LogP) is 4.19. The maximum Gasteiger partial charge on any atom is 0.336 e. The molecular weight excluding hydrogens is 292 g/mol. The number of esters is 2. The first-order valence-electron chi connectivity index (χ1n) is 7.23. The molecule has 0 aromatic heterocycles. The molecule has 2 aromatic rings. The summed E-state index contributed by atoms with van der Waals surface area (Å²) in [5.41, 5.74) is 0.822. The molecule has 0 spiro atoms. The number of carbonyl (C=O) groups is 2. The van der Waals surface area contributed by atoms with Gasteiger partial charge in [-0.2, -0.15) is 0 Å². The van der Waals surface area contributed by atoms with E-state index in [4.69, 9.17) is 9.47 Å². The van der Waals surface area contributed by atoms with Gasteiger partial charge in [0.1, 0.15) is 0 Å². The lowest BCUT2D eigenvalue weighted by atomic mass is 10.1. The molecule has 0 fully saturated rings. The summed E-state index contributed by atoms with van der Waals surface area (Å²) in [5.74, 6) is -0.614. The number of rotatable bonds is 4. The van der Waals surface area contributed by atoms with Crippen molar-refractivity contribution in [1.29, 1.82) is 0 Å². The van der Waals surface area contributed by atoms with E-state index in [-0.39, 0.29) is 11.5 Å². The van der Waals surface area contributed by atoms with Gasteiger partial charge in [0.15, 0.2) is 11.5 Å². The molecule has 0 aliphatic carbocycles. The average molecular weight is 310 g/mol. The fraction of sp³-hybridized carbons (Fsp3) is 0.158. The second kappa shape index (κ2) is 7.40. The third-order valence-corrected chi connectivity index (χ3v) is 2.94. The Hall–Kier alpha value is -2.88. The Bertz CT molecular complexity index is 796. The predicted molar refractivity (Wildman–Crippen MR) is 89.5 cm³/mol. The van der Waals surface area contributed by atoms with Gasteiger partial charge in [-0.3, -0.25) is 0 Å². The minimum Gasteiger partial charge on any atom is -0.419 e. The maximum absolute atomic E-state index is 11.9. The molecule has 2 aromatic carbocycles. The van der Waals surface area contributed by atoms with Crippen LogP contribution < -0.4 is 9.47 Å². The first kappa shape index (κ1) is 16.5. The van der Waals surface area contributed by atoms with E-state index in [0.29, 0.717) is 0 Å². The van der Waals surface area contributed by atoms with Crippen LogP contribution in [0.25, 0.3) is 10.8 Å². The van der Waals surface area contributed by atoms with Crippen LogP contribution in [0.15, 0.2) is 60.2 Å². The number of hydrogen-bond acceptors (Lipinski definition) is 4. The van der Waals surface area contributed by atoms with E-state index in [0.717, 1.165) is 16.3 Å². The van der Waals surface area contributed by atoms with Crippen molar-refractivity contribution < 1.29 is 19.1 Å². The van der Waals surface area contributed by atoms with Crippen molar-refractivity contribution in [3.63, 3.8) is 0 Å². The lowest BCUT2D eigenvalue weighted by Gasteiger charge is -2.10. The molecule has 0 heterocycles. The summed E-state index contributed by atoms with van der Waals surface area (Å²) in [4.78, 5) is 23.6. The van der Waals surface area contributed by atoms with Gasteiger partial charge in [0.25, 0.3) is 0 Å². The Morgan fingerprint density at radius 1 is 0.913 bits per heavy atom. The zero-order valence-electron chi connectivity index (χ0n) is 13.3. The Kier molecular flexibility index (Phi) is 5.31. The third-order valence-electron chi connectivity index (χ3n) is 2.94. The highest BCUT2D eigenvalue weighted by atomic mass is 16.6. The number of benzene rings is 2. The van der Waals surface area contributed by atoms with Crippen molar-refractivity contribution in [3.05, 3.63) is 60.2 Å². The lowest BCUT2D eigenvalue weighted by molar-refractivity contribution is -0.131. The highest BCUT2D eigenvalue weighted by Gasteiger charge is 2.13. The molecule has 4 nitrogen and oxygen atoms in total. The Balaban J connectivity index is 2.43. The number of carbonyl (C=O) groups excluding carboxylic acids is 2. The molecule has 0 unspecified atom stereocenters. The van der Waals surface area contributed by atoms with E-state index in [1.54, 1.807) is 39.0 Å². The summed E-state index contributed by atoms with van der Waals surface area (Å²) in [6.45, 7) is 5.32. The molecule has 0 aliphatic heterocycles. The van der Waals surface area contributed by atoms with Crippen LogP contribution in [0.1, 0.15) is 20.8 Å². The van der Waals surface area contributed by atoms with Crippen molar-refractivity contribution >= 4 is 22.7 Å². The SMILES string of the molecule is CC=CC(=O)Oc1cc2ccccc2cc1OC(=O)C=C(C)C. The van der Waals surface area contributed by atoms with Gasteiger partial charge in [-0.1, -0.05) is 35.9 Å². The first-order valence-corrected chi connectivity index (χ1v) is 7.23. The second-order valence-electron chi connectivity index (χ2n) is 5.21. The third kappa shape index (κ3) is 4.54. The first-order chi connectivity index (χ1) is 11.0. The van der Waals surface area contributed by atoms with Gasteiger partial charge in [-0.05, 0) is 43.7 Å². The van der Waals surface area contributed by atoms with Crippen molar-refractivity contribution in [1.82, 2.24) is 0 Å². The minimum absolute atomic E-state index is 0.210. The topological polar surface area (TPSA) is 52.6 Å². The van der Waals surface area contributed by atoms with Crippen LogP contribution in [0.2, 0.25) is 0 Å². The van der Waals surface area contributed by atoms with Crippen LogP contribution in [-0.2, 0) is 9.59 Å². The average Bonchev–Trinajstić information content (AvgIpc) is 2.47. The van der Waals surface area contributed by atoms with Crippen LogP contribution >= 0.6 is 0 Å². The molecule has 2 rings (SSSR count). The molecule has 0 aliphatic rings. The van der Waals surface area contributed by atoms with Crippen LogP contribution in [0.5, 0.6) is 11.5 Å². The Morgan fingerprint density at radius 2 is 1.43 bits per heavy atom. The summed E-state index contributed by atoms with van der Waals surface area (Å²) in [7, 11) is 0. The van der Waals surface area contributed by atoms with E-state index in [1.807, 2.05) is 24.3 Å². The molecule has 0 radical (unpaired) electrons. The zero-order chi connectivity index (χ0) is 16.8. The fourth-order valence-corrected chi connectivity index (χ4v) is 2.01. The van der Waals surface area contributed by atoms with Crippen molar-refractivity contribution in [2.24, 2.45) is 0 Å². The van der Waals surface area contributed by atoms with E-state index in [2.05, 4.69) is 0 Å². The molecule has 0 saturated heterocycles. The summed E-state index contributed by atoms with van der Waals surface area (Å²) in [5, 5.41) is 1.77. The van der Waals surface area contributed by atoms with E-state index < -0.39 is 11.9 Å². The summed E-state index contributed by atoms with van der Waals surface area (Å²) >= 11 is 0. The summed E-state index contributed by atoms with van der Waals surface area (Å²) in [6.07, 6.45) is 4.27. The molecule has 0 bridgehead atoms. The van der Waals surface area contributed by atoms with Crippen LogP contribution in [0, 0.1) is 0 Å². The van der Waals surface area contributed by atoms with Crippen molar-refractivity contribution in [2.75, 3.05) is 0 Å². The van der Waals surface area contributed by atoms with Crippen molar-refractivity contribution in [2.45, 2.75) is 20.8 Å². The largest absolute Gasteiger partial charge is 0.419 e. The lowest BCUT2D eigenvalue weighted by Crippen LogP contribution is -2.09. The van der Waals surface area contributed by atoms with Gasteiger partial charge in [0, 0.05) is 12.2 Å². The highest BCUT2D eigenvalue weighted by molar-refractivity contribution is 5.91. The molecule has 4 heteroatoms. The number of fused-ring (bicyclic) bond motifs is 1. The maximum atomic E-state index is 11.9. The van der Waals surface area contributed by atoms with Crippen LogP contribution in [0.4, 0.5) is 0 Å². The molecule has 118 valence electrons. The van der Waals surface area contributed by atoms with E-state index >= 15 is 0 Å². The molecule has 23 heavy (non-hydrogen) atoms. The zero-order valence-corrected chi connectivity index (χ0v) is 13.3. The van der Waals surface area contributed by atoms with Gasteiger partial charge in [-0.25, -0.2) is 9.59 Å². The van der Waals surface area contributed by atoms with Crippen LogP contribution in [0.3, 0.4) is 0 Å². The molecule has 0 N–H and O–H groups in total. The quantitative estimate of drug-likeness (QED) is 0.482. The van der Waals surface area contributed by atoms with Gasteiger partial charge in [0.2, 0.25) is 0 Å². The molecule has 0 amide bonds. The second-order valence-corrected chi connectivity index (χ2v) is 5.21. The van der Waals surface area contributed by atoms with E-state index in [1.165, 1.54) is 12.2 Å². The van der Waals surface area contributed by atoms with Gasteiger partial charge >= 0.3 is 11.9 Å². The standard InChI is InChI=1S/C19H18O4/c1-4-7-18(20)22-16-11-14-8-5-6-9-15(14)12-17(16)23-19(21)10-13(2)3/h4-12H,1-3H3. The fourth-order valence-electron chi connectivity index (χ4n) is 2.01.